The van der Waals surface area contributed by atoms with Crippen molar-refractivity contribution in [3.8, 4) is 0 Å². The number of nitrogen functional groups attached to an aromatic ring is 1. The number of benzene rings is 2. The van der Waals surface area contributed by atoms with E-state index in [1.165, 1.54) is 11.3 Å². The molecule has 1 aromatic heterocycles. The van der Waals surface area contributed by atoms with Gasteiger partial charge in [0, 0.05) is 5.69 Å². The van der Waals surface area contributed by atoms with Gasteiger partial charge in [-0.25, -0.2) is 13.4 Å². The van der Waals surface area contributed by atoms with Crippen molar-refractivity contribution in [2.24, 2.45) is 0 Å². The van der Waals surface area contributed by atoms with Gasteiger partial charge in [-0.3, -0.25) is 4.72 Å². The number of aromatic nitrogens is 1. The zero-order valence-corrected chi connectivity index (χ0v) is 12.8. The third-order valence-electron chi connectivity index (χ3n) is 2.93. The molecule has 21 heavy (non-hydrogen) atoms. The third-order valence-corrected chi connectivity index (χ3v) is 5.33. The lowest BCUT2D eigenvalue weighted by Crippen LogP contribution is -2.12. The van der Waals surface area contributed by atoms with E-state index in [2.05, 4.69) is 9.71 Å². The Morgan fingerprint density at radius 3 is 2.76 bits per heavy atom. The lowest BCUT2D eigenvalue weighted by Gasteiger charge is -2.05. The predicted octanol–water partition coefficient (Wildman–Crippen LogP) is 2.99. The SMILES string of the molecule is Cc1cccc(S(=O)(=O)Nc2nc3ccc(N)cc3s2)c1. The van der Waals surface area contributed by atoms with Gasteiger partial charge in [0.05, 0.1) is 15.1 Å². The standard InChI is InChI=1S/C14H13N3O2S2/c1-9-3-2-4-11(7-9)21(18,19)17-14-16-12-6-5-10(15)8-13(12)20-14/h2-8H,15H2,1H3,(H,16,17). The molecular weight excluding hydrogens is 306 g/mol. The van der Waals surface area contributed by atoms with Gasteiger partial charge in [0.25, 0.3) is 10.0 Å². The fraction of sp³-hybridized carbons (Fsp3) is 0.0714. The molecule has 3 aromatic rings. The number of rotatable bonds is 3. The normalized spacial score (nSPS) is 11.7. The molecule has 0 amide bonds. The van der Waals surface area contributed by atoms with Crippen molar-refractivity contribution >= 4 is 42.4 Å². The summed E-state index contributed by atoms with van der Waals surface area (Å²) in [6, 6.07) is 12.0. The van der Waals surface area contributed by atoms with Crippen molar-refractivity contribution in [1.29, 1.82) is 0 Å². The van der Waals surface area contributed by atoms with Crippen LogP contribution >= 0.6 is 11.3 Å². The van der Waals surface area contributed by atoms with Gasteiger partial charge in [0.15, 0.2) is 5.13 Å². The van der Waals surface area contributed by atoms with E-state index < -0.39 is 10.0 Å². The van der Waals surface area contributed by atoms with Crippen LogP contribution in [0.5, 0.6) is 0 Å². The summed E-state index contributed by atoms with van der Waals surface area (Å²) in [7, 11) is -3.63. The zero-order chi connectivity index (χ0) is 15.0. The number of sulfonamides is 1. The van der Waals surface area contributed by atoms with Crippen molar-refractivity contribution in [2.75, 3.05) is 10.5 Å². The zero-order valence-electron chi connectivity index (χ0n) is 11.2. The van der Waals surface area contributed by atoms with Crippen LogP contribution in [-0.4, -0.2) is 13.4 Å². The number of nitrogens with zero attached hydrogens (tertiary/aromatic N) is 1. The number of hydrogen-bond donors (Lipinski definition) is 2. The molecule has 3 rings (SSSR count). The summed E-state index contributed by atoms with van der Waals surface area (Å²) in [5, 5.41) is 0.331. The van der Waals surface area contributed by atoms with Crippen LogP contribution in [0, 0.1) is 6.92 Å². The molecule has 3 N–H and O–H groups in total. The van der Waals surface area contributed by atoms with Gasteiger partial charge in [-0.05, 0) is 42.8 Å². The minimum atomic E-state index is -3.63. The minimum absolute atomic E-state index is 0.223. The molecule has 0 aliphatic carbocycles. The molecule has 0 atom stereocenters. The molecule has 108 valence electrons. The van der Waals surface area contributed by atoms with E-state index in [4.69, 9.17) is 5.73 Å². The van der Waals surface area contributed by atoms with Gasteiger partial charge >= 0.3 is 0 Å². The second-order valence-corrected chi connectivity index (χ2v) is 7.38. The average Bonchev–Trinajstić information content (AvgIpc) is 2.79. The highest BCUT2D eigenvalue weighted by Gasteiger charge is 2.16. The van der Waals surface area contributed by atoms with E-state index in [1.807, 2.05) is 13.0 Å². The Morgan fingerprint density at radius 2 is 2.00 bits per heavy atom. The Labute approximate surface area is 126 Å². The van der Waals surface area contributed by atoms with Gasteiger partial charge in [-0.2, -0.15) is 0 Å². The van der Waals surface area contributed by atoms with E-state index in [-0.39, 0.29) is 4.90 Å². The van der Waals surface area contributed by atoms with E-state index >= 15 is 0 Å². The van der Waals surface area contributed by atoms with Crippen LogP contribution in [0.15, 0.2) is 47.4 Å². The molecule has 7 heteroatoms. The van der Waals surface area contributed by atoms with Gasteiger partial charge in [-0.15, -0.1) is 0 Å². The first kappa shape index (κ1) is 13.8. The van der Waals surface area contributed by atoms with E-state index in [1.54, 1.807) is 36.4 Å². The van der Waals surface area contributed by atoms with Crippen LogP contribution in [-0.2, 0) is 10.0 Å². The van der Waals surface area contributed by atoms with Crippen molar-refractivity contribution in [3.63, 3.8) is 0 Å². The molecule has 0 saturated heterocycles. The summed E-state index contributed by atoms with van der Waals surface area (Å²) in [6.07, 6.45) is 0. The van der Waals surface area contributed by atoms with Crippen LogP contribution in [0.3, 0.4) is 0 Å². The maximum Gasteiger partial charge on any atom is 0.263 e. The summed E-state index contributed by atoms with van der Waals surface area (Å²) in [4.78, 5) is 4.48. The molecule has 0 aliphatic heterocycles. The summed E-state index contributed by atoms with van der Waals surface area (Å²) in [6.45, 7) is 1.85. The number of hydrogen-bond acceptors (Lipinski definition) is 5. The van der Waals surface area contributed by atoms with Crippen molar-refractivity contribution < 1.29 is 8.42 Å². The quantitative estimate of drug-likeness (QED) is 0.727. The van der Waals surface area contributed by atoms with E-state index in [0.29, 0.717) is 10.8 Å². The summed E-state index contributed by atoms with van der Waals surface area (Å²) >= 11 is 1.26. The monoisotopic (exact) mass is 319 g/mol. The molecule has 0 saturated carbocycles. The first-order valence-corrected chi connectivity index (χ1v) is 8.49. The molecule has 0 bridgehead atoms. The van der Waals surface area contributed by atoms with Crippen molar-refractivity contribution in [3.05, 3.63) is 48.0 Å². The molecule has 0 radical (unpaired) electrons. The maximum absolute atomic E-state index is 12.3. The van der Waals surface area contributed by atoms with Gasteiger partial charge in [-0.1, -0.05) is 23.5 Å². The Morgan fingerprint density at radius 1 is 1.19 bits per heavy atom. The van der Waals surface area contributed by atoms with Gasteiger partial charge < -0.3 is 5.73 Å². The van der Waals surface area contributed by atoms with Gasteiger partial charge in [0.2, 0.25) is 0 Å². The fourth-order valence-electron chi connectivity index (χ4n) is 1.94. The number of anilines is 2. The fourth-order valence-corrected chi connectivity index (χ4v) is 4.19. The average molecular weight is 319 g/mol. The Balaban J connectivity index is 1.97. The lowest BCUT2D eigenvalue weighted by atomic mass is 10.2. The highest BCUT2D eigenvalue weighted by atomic mass is 32.2. The number of aryl methyl sites for hydroxylation is 1. The highest BCUT2D eigenvalue weighted by Crippen LogP contribution is 2.29. The first-order chi connectivity index (χ1) is 9.94. The number of fused-ring (bicyclic) bond motifs is 1. The summed E-state index contributed by atoms with van der Waals surface area (Å²) in [5.74, 6) is 0. The van der Waals surface area contributed by atoms with Gasteiger partial charge in [0.1, 0.15) is 0 Å². The number of nitrogens with two attached hydrogens (primary N) is 1. The highest BCUT2D eigenvalue weighted by molar-refractivity contribution is 7.93. The van der Waals surface area contributed by atoms with Crippen molar-refractivity contribution in [2.45, 2.75) is 11.8 Å². The Bertz CT molecular complexity index is 917. The molecule has 0 unspecified atom stereocenters. The Kier molecular flexibility index (Phi) is 3.30. The van der Waals surface area contributed by atoms with E-state index in [9.17, 15) is 8.42 Å². The predicted molar refractivity (Wildman–Crippen MR) is 86.0 cm³/mol. The summed E-state index contributed by atoms with van der Waals surface area (Å²) < 4.78 is 28.0. The molecular formula is C14H13N3O2S2. The summed E-state index contributed by atoms with van der Waals surface area (Å²) in [5.41, 5.74) is 7.94. The van der Waals surface area contributed by atoms with Crippen LogP contribution in [0.1, 0.15) is 5.56 Å². The molecule has 0 aliphatic rings. The maximum atomic E-state index is 12.3. The smallest absolute Gasteiger partial charge is 0.263 e. The molecule has 0 fully saturated rings. The van der Waals surface area contributed by atoms with Crippen LogP contribution in [0.2, 0.25) is 0 Å². The molecule has 1 heterocycles. The first-order valence-electron chi connectivity index (χ1n) is 6.20. The van der Waals surface area contributed by atoms with Crippen LogP contribution in [0.25, 0.3) is 10.2 Å². The van der Waals surface area contributed by atoms with Crippen LogP contribution in [0.4, 0.5) is 10.8 Å². The number of thiazole rings is 1. The lowest BCUT2D eigenvalue weighted by molar-refractivity contribution is 0.601. The molecule has 0 spiro atoms. The van der Waals surface area contributed by atoms with E-state index in [0.717, 1.165) is 15.8 Å². The molecule has 5 nitrogen and oxygen atoms in total. The third kappa shape index (κ3) is 2.84. The van der Waals surface area contributed by atoms with Crippen molar-refractivity contribution in [1.82, 2.24) is 4.98 Å². The second kappa shape index (κ2) is 5.01. The Hall–Kier alpha value is -2.12. The van der Waals surface area contributed by atoms with Crippen LogP contribution < -0.4 is 10.5 Å². The minimum Gasteiger partial charge on any atom is -0.399 e. The topological polar surface area (TPSA) is 85.1 Å². The molecule has 2 aromatic carbocycles. The number of nitrogens with one attached hydrogen (secondary N) is 1. The second-order valence-electron chi connectivity index (χ2n) is 4.67. The largest absolute Gasteiger partial charge is 0.399 e.